The molecule has 2 saturated heterocycles. The van der Waals surface area contributed by atoms with Crippen molar-refractivity contribution in [2.24, 2.45) is 17.8 Å². The number of ether oxygens (including phenoxy) is 1. The van der Waals surface area contributed by atoms with E-state index in [2.05, 4.69) is 5.32 Å². The zero-order chi connectivity index (χ0) is 12.6. The maximum absolute atomic E-state index is 12.0. The second-order valence-electron chi connectivity index (χ2n) is 5.32. The average Bonchev–Trinajstić information content (AvgIpc) is 2.84. The van der Waals surface area contributed by atoms with Crippen molar-refractivity contribution in [3.63, 3.8) is 0 Å². The fraction of sp³-hybridized carbons (Fsp3) is 0.833. The van der Waals surface area contributed by atoms with Crippen LogP contribution in [-0.2, 0) is 14.3 Å². The van der Waals surface area contributed by atoms with Crippen LogP contribution in [0, 0.1) is 17.8 Å². The van der Waals surface area contributed by atoms with Crippen LogP contribution in [0.3, 0.4) is 0 Å². The standard InChI is InChI=1S/C12H19NO4/c1-6(2)5-13-11(14)9-7-3-4-8(17-7)10(9)12(15)16/h6-10H,3-5H2,1-2H3,(H,13,14)(H,15,16). The fourth-order valence-corrected chi connectivity index (χ4v) is 2.75. The lowest BCUT2D eigenvalue weighted by molar-refractivity contribution is -0.147. The molecular formula is C12H19NO4. The second kappa shape index (κ2) is 4.64. The third-order valence-corrected chi connectivity index (χ3v) is 3.55. The number of hydrogen-bond donors (Lipinski definition) is 2. The third kappa shape index (κ3) is 2.29. The fourth-order valence-electron chi connectivity index (χ4n) is 2.75. The molecule has 5 nitrogen and oxygen atoms in total. The lowest BCUT2D eigenvalue weighted by atomic mass is 9.78. The number of carboxylic acid groups (broad SMARTS) is 1. The first-order valence-electron chi connectivity index (χ1n) is 6.16. The zero-order valence-corrected chi connectivity index (χ0v) is 10.2. The molecule has 2 bridgehead atoms. The monoisotopic (exact) mass is 241 g/mol. The van der Waals surface area contributed by atoms with Gasteiger partial charge in [0, 0.05) is 6.54 Å². The van der Waals surface area contributed by atoms with Crippen LogP contribution in [0.5, 0.6) is 0 Å². The van der Waals surface area contributed by atoms with Gasteiger partial charge in [-0.25, -0.2) is 0 Å². The van der Waals surface area contributed by atoms with Crippen molar-refractivity contribution in [1.29, 1.82) is 0 Å². The Balaban J connectivity index is 2.03. The van der Waals surface area contributed by atoms with E-state index in [1.807, 2.05) is 13.8 Å². The third-order valence-electron chi connectivity index (χ3n) is 3.55. The average molecular weight is 241 g/mol. The molecule has 2 heterocycles. The van der Waals surface area contributed by atoms with Gasteiger partial charge in [-0.15, -0.1) is 0 Å². The van der Waals surface area contributed by atoms with Crippen LogP contribution < -0.4 is 5.32 Å². The highest BCUT2D eigenvalue weighted by Gasteiger charge is 2.55. The summed E-state index contributed by atoms with van der Waals surface area (Å²) in [5, 5.41) is 12.0. The minimum Gasteiger partial charge on any atom is -0.481 e. The van der Waals surface area contributed by atoms with Gasteiger partial charge in [0.05, 0.1) is 24.0 Å². The maximum Gasteiger partial charge on any atom is 0.310 e. The van der Waals surface area contributed by atoms with E-state index >= 15 is 0 Å². The Kier molecular flexibility index (Phi) is 3.38. The first kappa shape index (κ1) is 12.4. The van der Waals surface area contributed by atoms with Crippen LogP contribution in [0.1, 0.15) is 26.7 Å². The minimum absolute atomic E-state index is 0.168. The quantitative estimate of drug-likeness (QED) is 0.757. The number of hydrogen-bond acceptors (Lipinski definition) is 3. The molecule has 0 aliphatic carbocycles. The van der Waals surface area contributed by atoms with Gasteiger partial charge < -0.3 is 15.2 Å². The van der Waals surface area contributed by atoms with Crippen LogP contribution in [0.25, 0.3) is 0 Å². The first-order chi connectivity index (χ1) is 8.00. The summed E-state index contributed by atoms with van der Waals surface area (Å²) in [5.41, 5.74) is 0. The molecule has 0 radical (unpaired) electrons. The zero-order valence-electron chi connectivity index (χ0n) is 10.2. The highest BCUT2D eigenvalue weighted by Crippen LogP contribution is 2.43. The van der Waals surface area contributed by atoms with Crippen LogP contribution in [-0.4, -0.2) is 35.7 Å². The Morgan fingerprint density at radius 2 is 1.88 bits per heavy atom. The van der Waals surface area contributed by atoms with Gasteiger partial charge in [-0.1, -0.05) is 13.8 Å². The lowest BCUT2D eigenvalue weighted by Crippen LogP contribution is -2.44. The summed E-state index contributed by atoms with van der Waals surface area (Å²) in [7, 11) is 0. The van der Waals surface area contributed by atoms with Crippen molar-refractivity contribution in [3.05, 3.63) is 0 Å². The maximum atomic E-state index is 12.0. The predicted molar refractivity (Wildman–Crippen MR) is 60.4 cm³/mol. The molecule has 2 fully saturated rings. The van der Waals surface area contributed by atoms with Crippen LogP contribution in [0.15, 0.2) is 0 Å². The van der Waals surface area contributed by atoms with Gasteiger partial charge in [0.25, 0.3) is 0 Å². The molecule has 17 heavy (non-hydrogen) atoms. The normalized spacial score (nSPS) is 35.2. The van der Waals surface area contributed by atoms with Gasteiger partial charge in [0.1, 0.15) is 0 Å². The molecule has 5 heteroatoms. The topological polar surface area (TPSA) is 75.6 Å². The largest absolute Gasteiger partial charge is 0.481 e. The molecule has 1 amide bonds. The highest BCUT2D eigenvalue weighted by molar-refractivity contribution is 5.86. The molecule has 2 aliphatic rings. The summed E-state index contributed by atoms with van der Waals surface area (Å²) < 4.78 is 5.55. The Hall–Kier alpha value is -1.10. The van der Waals surface area contributed by atoms with E-state index in [0.717, 1.165) is 12.8 Å². The summed E-state index contributed by atoms with van der Waals surface area (Å²) in [5.74, 6) is -1.90. The SMILES string of the molecule is CC(C)CNC(=O)C1C2CCC(O2)C1C(=O)O. The molecule has 96 valence electrons. The van der Waals surface area contributed by atoms with E-state index in [4.69, 9.17) is 4.74 Å². The van der Waals surface area contributed by atoms with E-state index in [1.165, 1.54) is 0 Å². The van der Waals surface area contributed by atoms with Crippen molar-refractivity contribution < 1.29 is 19.4 Å². The number of fused-ring (bicyclic) bond motifs is 2. The van der Waals surface area contributed by atoms with E-state index in [9.17, 15) is 14.7 Å². The van der Waals surface area contributed by atoms with E-state index in [1.54, 1.807) is 0 Å². The van der Waals surface area contributed by atoms with Gasteiger partial charge >= 0.3 is 5.97 Å². The summed E-state index contributed by atoms with van der Waals surface area (Å²) in [4.78, 5) is 23.2. The molecule has 0 aromatic heterocycles. The van der Waals surface area contributed by atoms with E-state index < -0.39 is 17.8 Å². The number of aliphatic carboxylic acids is 1. The molecule has 0 spiro atoms. The second-order valence-corrected chi connectivity index (χ2v) is 5.32. The molecule has 2 N–H and O–H groups in total. The number of carbonyl (C=O) groups is 2. The van der Waals surface area contributed by atoms with Crippen molar-refractivity contribution in [3.8, 4) is 0 Å². The smallest absolute Gasteiger partial charge is 0.310 e. The molecule has 4 unspecified atom stereocenters. The van der Waals surface area contributed by atoms with Gasteiger partial charge in [-0.2, -0.15) is 0 Å². The van der Waals surface area contributed by atoms with Crippen LogP contribution in [0.4, 0.5) is 0 Å². The molecule has 2 rings (SSSR count). The molecular weight excluding hydrogens is 222 g/mol. The van der Waals surface area contributed by atoms with Crippen LogP contribution in [0.2, 0.25) is 0 Å². The predicted octanol–water partition coefficient (Wildman–Crippen LogP) is 0.637. The Labute approximate surface area is 101 Å². The Morgan fingerprint density at radius 1 is 1.29 bits per heavy atom. The van der Waals surface area contributed by atoms with E-state index in [0.29, 0.717) is 12.5 Å². The number of amides is 1. The summed E-state index contributed by atoms with van der Waals surface area (Å²) >= 11 is 0. The highest BCUT2D eigenvalue weighted by atomic mass is 16.5. The molecule has 0 aromatic rings. The van der Waals surface area contributed by atoms with Crippen molar-refractivity contribution in [1.82, 2.24) is 5.32 Å². The first-order valence-corrected chi connectivity index (χ1v) is 6.16. The van der Waals surface area contributed by atoms with Crippen molar-refractivity contribution in [2.45, 2.75) is 38.9 Å². The molecule has 0 aromatic carbocycles. The number of carbonyl (C=O) groups excluding carboxylic acids is 1. The summed E-state index contributed by atoms with van der Waals surface area (Å²) in [6, 6.07) is 0. The van der Waals surface area contributed by atoms with Crippen LogP contribution >= 0.6 is 0 Å². The molecule has 0 saturated carbocycles. The number of carboxylic acids is 1. The summed E-state index contributed by atoms with van der Waals surface area (Å²) in [6.07, 6.45) is 1.09. The summed E-state index contributed by atoms with van der Waals surface area (Å²) in [6.45, 7) is 4.59. The van der Waals surface area contributed by atoms with Gasteiger partial charge in [-0.3, -0.25) is 9.59 Å². The van der Waals surface area contributed by atoms with Gasteiger partial charge in [0.2, 0.25) is 5.91 Å². The molecule has 4 atom stereocenters. The Morgan fingerprint density at radius 3 is 2.41 bits per heavy atom. The number of rotatable bonds is 4. The van der Waals surface area contributed by atoms with Crippen molar-refractivity contribution in [2.75, 3.05) is 6.54 Å². The molecule has 2 aliphatic heterocycles. The number of nitrogens with one attached hydrogen (secondary N) is 1. The lowest BCUT2D eigenvalue weighted by Gasteiger charge is -2.24. The van der Waals surface area contributed by atoms with E-state index in [-0.39, 0.29) is 18.1 Å². The van der Waals surface area contributed by atoms with Crippen molar-refractivity contribution >= 4 is 11.9 Å². The van der Waals surface area contributed by atoms with Gasteiger partial charge in [-0.05, 0) is 18.8 Å². The minimum atomic E-state index is -0.915. The Bertz CT molecular complexity index is 328. The van der Waals surface area contributed by atoms with Gasteiger partial charge in [0.15, 0.2) is 0 Å².